The number of rotatable bonds is 4. The van der Waals surface area contributed by atoms with Crippen LogP contribution in [0, 0.1) is 19.7 Å². The minimum Gasteiger partial charge on any atom is -0.526 e. The molecule has 0 bridgehead atoms. The first-order chi connectivity index (χ1) is 19.7. The zero-order valence-electron chi connectivity index (χ0n) is 22.7. The molecule has 202 valence electrons. The third kappa shape index (κ3) is 6.11. The van der Waals surface area contributed by atoms with Crippen LogP contribution in [0.5, 0.6) is 0 Å². The number of aromatic nitrogens is 2. The summed E-state index contributed by atoms with van der Waals surface area (Å²) in [5.41, 5.74) is 10.3. The van der Waals surface area contributed by atoms with Crippen molar-refractivity contribution in [2.75, 3.05) is 16.8 Å². The predicted molar refractivity (Wildman–Crippen MR) is 165 cm³/mol. The number of nitrogens with zero attached hydrogens (tertiary/aromatic N) is 4. The molecule has 2 heterocycles. The molecule has 0 fully saturated rings. The maximum atomic E-state index is 4.27. The molecular formula is C36H29N4Rh. The number of benzene rings is 5. The van der Waals surface area contributed by atoms with Crippen LogP contribution in [0.3, 0.4) is 0 Å². The van der Waals surface area contributed by atoms with Crippen molar-refractivity contribution in [3.05, 3.63) is 165 Å². The van der Waals surface area contributed by atoms with Crippen molar-refractivity contribution in [1.82, 2.24) is 9.78 Å². The average molecular weight is 621 g/mol. The maximum absolute atomic E-state index is 4.27. The Morgan fingerprint density at radius 2 is 1.29 bits per heavy atom. The zero-order valence-corrected chi connectivity index (χ0v) is 24.3. The third-order valence-electron chi connectivity index (χ3n) is 6.92. The van der Waals surface area contributed by atoms with Gasteiger partial charge in [-0.05, 0) is 53.2 Å². The Bertz CT molecular complexity index is 1680. The van der Waals surface area contributed by atoms with Crippen LogP contribution in [-0.4, -0.2) is 16.8 Å². The first-order valence-corrected chi connectivity index (χ1v) is 13.2. The minimum atomic E-state index is 0. The summed E-state index contributed by atoms with van der Waals surface area (Å²) < 4.78 is 1.78. The van der Waals surface area contributed by atoms with Gasteiger partial charge in [-0.3, -0.25) is 4.68 Å². The molecular weight excluding hydrogens is 591 g/mol. The van der Waals surface area contributed by atoms with Crippen LogP contribution in [0.25, 0.3) is 27.9 Å². The van der Waals surface area contributed by atoms with Crippen molar-refractivity contribution >= 4 is 17.1 Å². The SMILES string of the molecule is [CH2-]c1ccc(-c2ccc(-c3ccccc3)cc2)cc1N1[CH-]N(C)c2ccccc21.[Rh+3].[c-]1ccccc1-n1cccn1. The fourth-order valence-electron chi connectivity index (χ4n) is 4.85. The number of fused-ring (bicyclic) bond motifs is 1. The van der Waals surface area contributed by atoms with Gasteiger partial charge in [-0.2, -0.15) is 54.6 Å². The van der Waals surface area contributed by atoms with Gasteiger partial charge in [0.1, 0.15) is 0 Å². The molecule has 1 aromatic heterocycles. The van der Waals surface area contributed by atoms with Gasteiger partial charge in [0.2, 0.25) is 0 Å². The van der Waals surface area contributed by atoms with Crippen LogP contribution in [0.1, 0.15) is 5.56 Å². The van der Waals surface area contributed by atoms with E-state index in [1.54, 1.807) is 10.9 Å². The van der Waals surface area contributed by atoms with E-state index in [4.69, 9.17) is 0 Å². The van der Waals surface area contributed by atoms with E-state index in [0.29, 0.717) is 0 Å². The second kappa shape index (κ2) is 12.7. The number of hydrogen-bond donors (Lipinski definition) is 0. The molecule has 0 unspecified atom stereocenters. The van der Waals surface area contributed by atoms with Crippen molar-refractivity contribution in [2.45, 2.75) is 0 Å². The van der Waals surface area contributed by atoms with Gasteiger partial charge in [-0.25, -0.2) is 0 Å². The molecule has 0 atom stereocenters. The molecule has 0 amide bonds. The summed E-state index contributed by atoms with van der Waals surface area (Å²) in [6.07, 6.45) is 3.65. The van der Waals surface area contributed by atoms with E-state index in [0.717, 1.165) is 16.9 Å². The van der Waals surface area contributed by atoms with Gasteiger partial charge in [0.25, 0.3) is 0 Å². The zero-order chi connectivity index (χ0) is 27.3. The largest absolute Gasteiger partial charge is 3.00 e. The monoisotopic (exact) mass is 620 g/mol. The third-order valence-corrected chi connectivity index (χ3v) is 6.92. The minimum absolute atomic E-state index is 0. The Hall–Kier alpha value is -4.60. The Kier molecular flexibility index (Phi) is 8.67. The predicted octanol–water partition coefficient (Wildman–Crippen LogP) is 8.58. The van der Waals surface area contributed by atoms with E-state index in [-0.39, 0.29) is 19.5 Å². The topological polar surface area (TPSA) is 24.3 Å². The normalized spacial score (nSPS) is 11.7. The quantitative estimate of drug-likeness (QED) is 0.146. The Labute approximate surface area is 255 Å². The molecule has 7 rings (SSSR count). The molecule has 0 radical (unpaired) electrons. The fraction of sp³-hybridized carbons (Fsp3) is 0.0278. The molecule has 0 saturated heterocycles. The van der Waals surface area contributed by atoms with Crippen molar-refractivity contribution in [3.8, 4) is 27.9 Å². The van der Waals surface area contributed by atoms with Crippen molar-refractivity contribution in [3.63, 3.8) is 0 Å². The van der Waals surface area contributed by atoms with E-state index >= 15 is 0 Å². The van der Waals surface area contributed by atoms with Crippen molar-refractivity contribution in [1.29, 1.82) is 0 Å². The number of para-hydroxylation sites is 3. The Balaban J connectivity index is 0.000000236. The molecule has 0 saturated carbocycles. The van der Waals surface area contributed by atoms with Crippen LogP contribution < -0.4 is 9.80 Å². The summed E-state index contributed by atoms with van der Waals surface area (Å²) in [7, 11) is 2.08. The molecule has 0 aliphatic carbocycles. The van der Waals surface area contributed by atoms with Crippen LogP contribution in [-0.2, 0) is 19.5 Å². The van der Waals surface area contributed by atoms with Crippen LogP contribution in [0.15, 0.2) is 140 Å². The molecule has 5 heteroatoms. The summed E-state index contributed by atoms with van der Waals surface area (Å²) in [4.78, 5) is 4.37. The van der Waals surface area contributed by atoms with E-state index in [2.05, 4.69) is 133 Å². The molecule has 6 aromatic rings. The van der Waals surface area contributed by atoms with Crippen LogP contribution in [0.4, 0.5) is 17.1 Å². The summed E-state index contributed by atoms with van der Waals surface area (Å²) in [6, 6.07) is 46.9. The van der Waals surface area contributed by atoms with Gasteiger partial charge in [-0.1, -0.05) is 78.5 Å². The number of hydrogen-bond acceptors (Lipinski definition) is 3. The molecule has 0 N–H and O–H groups in total. The summed E-state index contributed by atoms with van der Waals surface area (Å²) >= 11 is 0. The summed E-state index contributed by atoms with van der Waals surface area (Å²) in [5, 5.41) is 4.07. The molecule has 0 spiro atoms. The first kappa shape index (κ1) is 28.0. The first-order valence-electron chi connectivity index (χ1n) is 13.2. The van der Waals surface area contributed by atoms with Gasteiger partial charge >= 0.3 is 19.5 Å². The van der Waals surface area contributed by atoms with E-state index in [1.165, 1.54) is 33.6 Å². The maximum Gasteiger partial charge on any atom is 3.00 e. The second-order valence-corrected chi connectivity index (χ2v) is 9.57. The summed E-state index contributed by atoms with van der Waals surface area (Å²) in [5.74, 6) is 0. The van der Waals surface area contributed by atoms with Crippen molar-refractivity contribution < 1.29 is 19.5 Å². The summed E-state index contributed by atoms with van der Waals surface area (Å²) in [6.45, 7) is 6.39. The molecule has 4 nitrogen and oxygen atoms in total. The number of anilines is 3. The van der Waals surface area contributed by atoms with Gasteiger partial charge in [0.15, 0.2) is 0 Å². The van der Waals surface area contributed by atoms with E-state index in [1.807, 2.05) is 42.6 Å². The Morgan fingerprint density at radius 1 is 0.659 bits per heavy atom. The fourth-order valence-corrected chi connectivity index (χ4v) is 4.85. The molecule has 41 heavy (non-hydrogen) atoms. The van der Waals surface area contributed by atoms with Gasteiger partial charge < -0.3 is 9.80 Å². The van der Waals surface area contributed by atoms with Gasteiger partial charge in [-0.15, -0.1) is 12.1 Å². The van der Waals surface area contributed by atoms with Crippen LogP contribution in [0.2, 0.25) is 0 Å². The van der Waals surface area contributed by atoms with E-state index < -0.39 is 0 Å². The van der Waals surface area contributed by atoms with Gasteiger partial charge in [0.05, 0.1) is 0 Å². The van der Waals surface area contributed by atoms with E-state index in [9.17, 15) is 0 Å². The smallest absolute Gasteiger partial charge is 0.526 e. The standard InChI is InChI=1S/C27H22N2.C9H7N2.Rh/c1-20-12-13-24(23-16-14-22(15-17-23)21-8-4-3-5-9-21)18-27(20)29-19-28(2)25-10-6-7-11-26(25)29;1-2-5-9(6-3-1)11-8-4-7-10-11;/h3-19H,1H2,2H3;1-5,7-8H;/q-2;-1;+3. The van der Waals surface area contributed by atoms with Crippen molar-refractivity contribution in [2.24, 2.45) is 0 Å². The van der Waals surface area contributed by atoms with Crippen LogP contribution >= 0.6 is 0 Å². The Morgan fingerprint density at radius 3 is 1.98 bits per heavy atom. The molecule has 1 aliphatic rings. The van der Waals surface area contributed by atoms with Gasteiger partial charge in [0, 0.05) is 23.8 Å². The molecule has 5 aromatic carbocycles. The average Bonchev–Trinajstić information content (AvgIpc) is 3.68. The molecule has 1 aliphatic heterocycles. The second-order valence-electron chi connectivity index (χ2n) is 9.57.